The molecule has 0 aliphatic carbocycles. The van der Waals surface area contributed by atoms with Crippen LogP contribution in [0, 0.1) is 0 Å². The number of hydrogen-bond donors (Lipinski definition) is 0. The van der Waals surface area contributed by atoms with Gasteiger partial charge < -0.3 is 4.42 Å². The summed E-state index contributed by atoms with van der Waals surface area (Å²) in [5.74, 6) is 0. The van der Waals surface area contributed by atoms with Gasteiger partial charge in [-0.25, -0.2) is 9.78 Å². The number of nitrogens with zero attached hydrogens (tertiary/aromatic N) is 1. The van der Waals surface area contributed by atoms with E-state index in [2.05, 4.69) is 20.9 Å². The van der Waals surface area contributed by atoms with Crippen LogP contribution in [0.5, 0.6) is 0 Å². The predicted octanol–water partition coefficient (Wildman–Crippen LogP) is 5.35. The van der Waals surface area contributed by atoms with Crippen molar-refractivity contribution in [2.24, 2.45) is 0 Å². The molecule has 0 saturated heterocycles. The maximum atomic E-state index is 12.3. The van der Waals surface area contributed by atoms with Gasteiger partial charge in [-0.1, -0.05) is 46.3 Å². The lowest BCUT2D eigenvalue weighted by atomic mass is 10.1. The maximum absolute atomic E-state index is 12.3. The molecule has 0 atom stereocenters. The van der Waals surface area contributed by atoms with E-state index in [1.165, 1.54) is 11.3 Å². The standard InChI is InChI=1S/C18H10BrNO2S/c19-13-6-7-16-12(8-13)9-14(18(21)22-16)15-10-23-17(20-15)11-4-2-1-3-5-11/h1-10H. The summed E-state index contributed by atoms with van der Waals surface area (Å²) in [6.45, 7) is 0. The lowest BCUT2D eigenvalue weighted by Crippen LogP contribution is -2.02. The van der Waals surface area contributed by atoms with Gasteiger partial charge in [-0.3, -0.25) is 0 Å². The molecule has 2 aromatic heterocycles. The zero-order valence-corrected chi connectivity index (χ0v) is 14.2. The average Bonchev–Trinajstić information content (AvgIpc) is 3.05. The highest BCUT2D eigenvalue weighted by Gasteiger charge is 2.12. The van der Waals surface area contributed by atoms with E-state index in [1.807, 2.05) is 53.9 Å². The van der Waals surface area contributed by atoms with Crippen LogP contribution < -0.4 is 5.63 Å². The van der Waals surface area contributed by atoms with Crippen LogP contribution in [0.15, 0.2) is 73.7 Å². The van der Waals surface area contributed by atoms with E-state index >= 15 is 0 Å². The molecule has 0 fully saturated rings. The van der Waals surface area contributed by atoms with Crippen molar-refractivity contribution in [2.45, 2.75) is 0 Å². The molecule has 0 unspecified atom stereocenters. The SMILES string of the molecule is O=c1oc2ccc(Br)cc2cc1-c1csc(-c2ccccc2)n1. The molecule has 0 aliphatic rings. The van der Waals surface area contributed by atoms with Gasteiger partial charge in [0.25, 0.3) is 0 Å². The monoisotopic (exact) mass is 383 g/mol. The van der Waals surface area contributed by atoms with Gasteiger partial charge in [0.05, 0.1) is 11.3 Å². The van der Waals surface area contributed by atoms with Crippen molar-refractivity contribution in [1.29, 1.82) is 0 Å². The minimum atomic E-state index is -0.371. The Morgan fingerprint density at radius 1 is 1.04 bits per heavy atom. The van der Waals surface area contributed by atoms with Crippen LogP contribution in [0.4, 0.5) is 0 Å². The van der Waals surface area contributed by atoms with E-state index in [1.54, 1.807) is 6.07 Å². The molecule has 2 aromatic carbocycles. The zero-order valence-electron chi connectivity index (χ0n) is 11.8. The number of hydrogen-bond acceptors (Lipinski definition) is 4. The largest absolute Gasteiger partial charge is 0.422 e. The molecule has 0 aliphatic heterocycles. The van der Waals surface area contributed by atoms with Crippen molar-refractivity contribution in [3.8, 4) is 21.8 Å². The molecule has 0 amide bonds. The maximum Gasteiger partial charge on any atom is 0.345 e. The van der Waals surface area contributed by atoms with Crippen molar-refractivity contribution in [3.05, 3.63) is 74.9 Å². The molecule has 23 heavy (non-hydrogen) atoms. The summed E-state index contributed by atoms with van der Waals surface area (Å²) >= 11 is 4.95. The molecule has 112 valence electrons. The predicted molar refractivity (Wildman–Crippen MR) is 96.7 cm³/mol. The van der Waals surface area contributed by atoms with E-state index in [0.29, 0.717) is 16.8 Å². The number of aromatic nitrogens is 1. The first-order chi connectivity index (χ1) is 11.2. The molecule has 0 N–H and O–H groups in total. The Labute approximate surface area is 144 Å². The highest BCUT2D eigenvalue weighted by atomic mass is 79.9. The Bertz CT molecular complexity index is 1050. The van der Waals surface area contributed by atoms with Crippen molar-refractivity contribution >= 4 is 38.2 Å². The molecule has 0 saturated carbocycles. The minimum absolute atomic E-state index is 0.371. The Balaban J connectivity index is 1.85. The quantitative estimate of drug-likeness (QED) is 0.438. The third kappa shape index (κ3) is 2.73. The third-order valence-electron chi connectivity index (χ3n) is 3.50. The van der Waals surface area contributed by atoms with Crippen LogP contribution in [0.25, 0.3) is 32.8 Å². The lowest BCUT2D eigenvalue weighted by molar-refractivity contribution is 0.563. The highest BCUT2D eigenvalue weighted by molar-refractivity contribution is 9.10. The van der Waals surface area contributed by atoms with Gasteiger partial charge in [-0.15, -0.1) is 11.3 Å². The molecule has 2 heterocycles. The summed E-state index contributed by atoms with van der Waals surface area (Å²) in [7, 11) is 0. The van der Waals surface area contributed by atoms with Gasteiger partial charge in [0.15, 0.2) is 0 Å². The van der Waals surface area contributed by atoms with Crippen molar-refractivity contribution < 1.29 is 4.42 Å². The van der Waals surface area contributed by atoms with Crippen molar-refractivity contribution in [1.82, 2.24) is 4.98 Å². The zero-order chi connectivity index (χ0) is 15.8. The summed E-state index contributed by atoms with van der Waals surface area (Å²) < 4.78 is 6.34. The fourth-order valence-corrected chi connectivity index (χ4v) is 3.59. The number of benzene rings is 2. The van der Waals surface area contributed by atoms with Crippen LogP contribution in [0.2, 0.25) is 0 Å². The van der Waals surface area contributed by atoms with Crippen LogP contribution >= 0.6 is 27.3 Å². The first kappa shape index (κ1) is 14.4. The number of halogens is 1. The number of fused-ring (bicyclic) bond motifs is 1. The first-order valence-electron chi connectivity index (χ1n) is 6.95. The number of thiazole rings is 1. The Morgan fingerprint density at radius 3 is 2.70 bits per heavy atom. The molecule has 0 radical (unpaired) electrons. The summed E-state index contributed by atoms with van der Waals surface area (Å²) in [5.41, 5.74) is 2.36. The molecule has 0 spiro atoms. The van der Waals surface area contributed by atoms with Crippen molar-refractivity contribution in [3.63, 3.8) is 0 Å². The summed E-state index contributed by atoms with van der Waals surface area (Å²) in [4.78, 5) is 16.8. The van der Waals surface area contributed by atoms with Gasteiger partial charge in [0.1, 0.15) is 10.6 Å². The Morgan fingerprint density at radius 2 is 1.87 bits per heavy atom. The summed E-state index contributed by atoms with van der Waals surface area (Å²) in [5, 5.41) is 3.64. The fourth-order valence-electron chi connectivity index (χ4n) is 2.38. The van der Waals surface area contributed by atoms with Gasteiger partial charge in [-0.05, 0) is 24.3 Å². The minimum Gasteiger partial charge on any atom is -0.422 e. The van der Waals surface area contributed by atoms with Crippen LogP contribution in [0.3, 0.4) is 0 Å². The average molecular weight is 384 g/mol. The Kier molecular flexibility index (Phi) is 3.59. The lowest BCUT2D eigenvalue weighted by Gasteiger charge is -2.00. The van der Waals surface area contributed by atoms with Crippen LogP contribution in [0.1, 0.15) is 0 Å². The van der Waals surface area contributed by atoms with E-state index in [9.17, 15) is 4.79 Å². The smallest absolute Gasteiger partial charge is 0.345 e. The normalized spacial score (nSPS) is 11.0. The molecular weight excluding hydrogens is 374 g/mol. The molecule has 4 aromatic rings. The Hall–Kier alpha value is -2.24. The topological polar surface area (TPSA) is 43.1 Å². The molecule has 4 rings (SSSR count). The second-order valence-corrected chi connectivity index (χ2v) is 6.81. The van der Waals surface area contributed by atoms with E-state index in [4.69, 9.17) is 4.42 Å². The van der Waals surface area contributed by atoms with E-state index in [0.717, 1.165) is 20.4 Å². The van der Waals surface area contributed by atoms with Crippen LogP contribution in [-0.4, -0.2) is 4.98 Å². The fraction of sp³-hybridized carbons (Fsp3) is 0. The number of rotatable bonds is 2. The van der Waals surface area contributed by atoms with Gasteiger partial charge in [-0.2, -0.15) is 0 Å². The van der Waals surface area contributed by atoms with Gasteiger partial charge >= 0.3 is 5.63 Å². The van der Waals surface area contributed by atoms with E-state index in [-0.39, 0.29) is 5.63 Å². The molecular formula is C18H10BrNO2S. The van der Waals surface area contributed by atoms with Gasteiger partial charge in [0, 0.05) is 20.8 Å². The van der Waals surface area contributed by atoms with Crippen molar-refractivity contribution in [2.75, 3.05) is 0 Å². The van der Waals surface area contributed by atoms with E-state index < -0.39 is 0 Å². The molecule has 0 bridgehead atoms. The molecule has 5 heteroatoms. The highest BCUT2D eigenvalue weighted by Crippen LogP contribution is 2.29. The summed E-state index contributed by atoms with van der Waals surface area (Å²) in [6, 6.07) is 17.3. The molecule has 3 nitrogen and oxygen atoms in total. The first-order valence-corrected chi connectivity index (χ1v) is 8.63. The second-order valence-electron chi connectivity index (χ2n) is 5.03. The van der Waals surface area contributed by atoms with Crippen LogP contribution in [-0.2, 0) is 0 Å². The second kappa shape index (κ2) is 5.76. The van der Waals surface area contributed by atoms with Gasteiger partial charge in [0.2, 0.25) is 0 Å². The third-order valence-corrected chi connectivity index (χ3v) is 4.88. The summed E-state index contributed by atoms with van der Waals surface area (Å²) in [6.07, 6.45) is 0.